The summed E-state index contributed by atoms with van der Waals surface area (Å²) in [7, 11) is 0. The van der Waals surface area contributed by atoms with Gasteiger partial charge in [-0.1, -0.05) is 47.6 Å². The molecule has 0 aliphatic carbocycles. The Morgan fingerprint density at radius 3 is 2.41 bits per heavy atom. The molecular formula is C27H30N2O5. The van der Waals surface area contributed by atoms with E-state index in [4.69, 9.17) is 14.3 Å². The Bertz CT molecular complexity index is 1050. The van der Waals surface area contributed by atoms with Crippen molar-refractivity contribution in [2.45, 2.75) is 32.8 Å². The number of benzene rings is 2. The molecule has 0 fully saturated rings. The first-order valence-corrected chi connectivity index (χ1v) is 11.3. The van der Waals surface area contributed by atoms with E-state index in [-0.39, 0.29) is 0 Å². The number of rotatable bonds is 13. The van der Waals surface area contributed by atoms with Crippen molar-refractivity contribution < 1.29 is 24.2 Å². The largest absolute Gasteiger partial charge is 0.490 e. The molecule has 34 heavy (non-hydrogen) atoms. The maximum Gasteiger partial charge on any atom is 0.333 e. The van der Waals surface area contributed by atoms with Crippen molar-refractivity contribution in [2.75, 3.05) is 19.8 Å². The number of pyridine rings is 1. The molecule has 1 aromatic heterocycles. The van der Waals surface area contributed by atoms with E-state index in [1.807, 2.05) is 49.4 Å². The highest BCUT2D eigenvalue weighted by Gasteiger charge is 2.17. The average Bonchev–Trinajstić information content (AvgIpc) is 2.85. The van der Waals surface area contributed by atoms with Crippen molar-refractivity contribution in [1.29, 1.82) is 0 Å². The van der Waals surface area contributed by atoms with Crippen molar-refractivity contribution in [3.05, 3.63) is 95.3 Å². The minimum atomic E-state index is -0.964. The molecule has 0 aliphatic heterocycles. The van der Waals surface area contributed by atoms with Crippen molar-refractivity contribution >= 4 is 11.7 Å². The third-order valence-corrected chi connectivity index (χ3v) is 5.10. The maximum atomic E-state index is 11.2. The molecule has 3 aromatic rings. The highest BCUT2D eigenvalue weighted by atomic mass is 16.6. The molecule has 0 saturated heterocycles. The van der Waals surface area contributed by atoms with E-state index in [9.17, 15) is 9.90 Å². The Hall–Kier alpha value is -3.71. The number of carboxylic acid groups (broad SMARTS) is 1. The molecule has 1 heterocycles. The Kier molecular flexibility index (Phi) is 9.61. The number of carbonyl (C=O) groups is 1. The summed E-state index contributed by atoms with van der Waals surface area (Å²) in [4.78, 5) is 21.1. The Balaban J connectivity index is 1.40. The monoisotopic (exact) mass is 462 g/mol. The molecule has 0 radical (unpaired) electrons. The summed E-state index contributed by atoms with van der Waals surface area (Å²) in [6, 6.07) is 21.5. The lowest BCUT2D eigenvalue weighted by atomic mass is 10.1. The highest BCUT2D eigenvalue weighted by Crippen LogP contribution is 2.15. The summed E-state index contributed by atoms with van der Waals surface area (Å²) in [5, 5.41) is 13.3. The van der Waals surface area contributed by atoms with Crippen LogP contribution in [0.5, 0.6) is 5.75 Å². The lowest BCUT2D eigenvalue weighted by Crippen LogP contribution is -2.26. The highest BCUT2D eigenvalue weighted by molar-refractivity contribution is 5.98. The van der Waals surface area contributed by atoms with Crippen molar-refractivity contribution in [3.8, 4) is 5.75 Å². The molecule has 1 N–H and O–H groups in total. The normalized spacial score (nSPS) is 12.2. The van der Waals surface area contributed by atoms with E-state index in [2.05, 4.69) is 22.3 Å². The number of ether oxygens (including phenoxy) is 2. The van der Waals surface area contributed by atoms with Gasteiger partial charge in [0.1, 0.15) is 12.4 Å². The molecular weight excluding hydrogens is 432 g/mol. The summed E-state index contributed by atoms with van der Waals surface area (Å²) in [5.74, 6) is -0.288. The van der Waals surface area contributed by atoms with Gasteiger partial charge in [0.2, 0.25) is 0 Å². The van der Waals surface area contributed by atoms with Crippen molar-refractivity contribution in [1.82, 2.24) is 4.98 Å². The Labute approximate surface area is 200 Å². The molecule has 7 heteroatoms. The summed E-state index contributed by atoms with van der Waals surface area (Å²) < 4.78 is 10.9. The molecule has 7 nitrogen and oxygen atoms in total. The van der Waals surface area contributed by atoms with Crippen molar-refractivity contribution in [3.63, 3.8) is 0 Å². The number of hydrogen-bond donors (Lipinski definition) is 1. The van der Waals surface area contributed by atoms with Gasteiger partial charge in [0.25, 0.3) is 0 Å². The van der Waals surface area contributed by atoms with Crippen LogP contribution in [0.3, 0.4) is 0 Å². The van der Waals surface area contributed by atoms with Crippen LogP contribution in [-0.2, 0) is 27.2 Å². The fourth-order valence-electron chi connectivity index (χ4n) is 3.29. The SMILES string of the molecule is CCOC(Cc1ccc(OCCON=C(C)c2ccc(Cc3ccccc3)nc2)cc1)C(=O)O. The minimum absolute atomic E-state index is 0.296. The first-order valence-electron chi connectivity index (χ1n) is 11.3. The van der Waals surface area contributed by atoms with E-state index in [0.29, 0.717) is 32.0 Å². The second-order valence-corrected chi connectivity index (χ2v) is 7.69. The Morgan fingerprint density at radius 1 is 1.00 bits per heavy atom. The zero-order valence-corrected chi connectivity index (χ0v) is 19.5. The van der Waals surface area contributed by atoms with Crippen LogP contribution in [0.2, 0.25) is 0 Å². The molecule has 178 valence electrons. The third kappa shape index (κ3) is 8.01. The fraction of sp³-hybridized carbons (Fsp3) is 0.296. The number of aliphatic carboxylic acids is 1. The number of oxime groups is 1. The maximum absolute atomic E-state index is 11.2. The second kappa shape index (κ2) is 13.1. The van der Waals surface area contributed by atoms with Crippen LogP contribution < -0.4 is 4.74 Å². The van der Waals surface area contributed by atoms with Gasteiger partial charge in [0.05, 0.1) is 5.71 Å². The van der Waals surface area contributed by atoms with E-state index in [1.165, 1.54) is 5.56 Å². The summed E-state index contributed by atoms with van der Waals surface area (Å²) in [6.07, 6.45) is 2.06. The van der Waals surface area contributed by atoms with Gasteiger partial charge >= 0.3 is 5.97 Å². The average molecular weight is 463 g/mol. The van der Waals surface area contributed by atoms with Crippen molar-refractivity contribution in [2.24, 2.45) is 5.16 Å². The van der Waals surface area contributed by atoms with E-state index < -0.39 is 12.1 Å². The molecule has 0 spiro atoms. The fourth-order valence-corrected chi connectivity index (χ4v) is 3.29. The van der Waals surface area contributed by atoms with Crippen LogP contribution in [0.1, 0.15) is 36.2 Å². The van der Waals surface area contributed by atoms with Crippen LogP contribution in [0.4, 0.5) is 0 Å². The molecule has 2 aromatic carbocycles. The molecule has 0 bridgehead atoms. The lowest BCUT2D eigenvalue weighted by Gasteiger charge is -2.12. The number of carboxylic acids is 1. The predicted octanol–water partition coefficient (Wildman–Crippen LogP) is 4.52. The van der Waals surface area contributed by atoms with Crippen LogP contribution in [0, 0.1) is 0 Å². The van der Waals surface area contributed by atoms with Gasteiger partial charge in [0.15, 0.2) is 12.7 Å². The number of aromatic nitrogens is 1. The van der Waals surface area contributed by atoms with Crippen LogP contribution in [0.15, 0.2) is 78.1 Å². The van der Waals surface area contributed by atoms with E-state index >= 15 is 0 Å². The standard InChI is InChI=1S/C27H30N2O5/c1-3-32-26(27(30)31)18-22-9-13-25(14-10-22)33-15-16-34-29-20(2)23-11-12-24(28-19-23)17-21-7-5-4-6-8-21/h4-14,19,26H,3,15-18H2,1-2H3,(H,30,31). The smallest absolute Gasteiger partial charge is 0.333 e. The zero-order valence-electron chi connectivity index (χ0n) is 19.5. The third-order valence-electron chi connectivity index (χ3n) is 5.10. The second-order valence-electron chi connectivity index (χ2n) is 7.69. The van der Waals surface area contributed by atoms with Crippen LogP contribution in [0.25, 0.3) is 0 Å². The van der Waals surface area contributed by atoms with Gasteiger partial charge in [-0.3, -0.25) is 4.98 Å². The van der Waals surface area contributed by atoms with Gasteiger partial charge in [-0.2, -0.15) is 0 Å². The van der Waals surface area contributed by atoms with Crippen LogP contribution >= 0.6 is 0 Å². The summed E-state index contributed by atoms with van der Waals surface area (Å²) >= 11 is 0. The summed E-state index contributed by atoms with van der Waals surface area (Å²) in [5.41, 5.74) is 4.74. The van der Waals surface area contributed by atoms with Gasteiger partial charge < -0.3 is 19.4 Å². The molecule has 0 aliphatic rings. The quantitative estimate of drug-likeness (QED) is 0.228. The van der Waals surface area contributed by atoms with Gasteiger partial charge in [0, 0.05) is 36.9 Å². The van der Waals surface area contributed by atoms with Crippen LogP contribution in [-0.4, -0.2) is 47.7 Å². The van der Waals surface area contributed by atoms with E-state index in [0.717, 1.165) is 29.0 Å². The minimum Gasteiger partial charge on any atom is -0.490 e. The number of nitrogens with zero attached hydrogens (tertiary/aromatic N) is 2. The first-order chi connectivity index (χ1) is 16.5. The molecule has 3 rings (SSSR count). The number of hydrogen-bond acceptors (Lipinski definition) is 6. The van der Waals surface area contributed by atoms with Gasteiger partial charge in [-0.15, -0.1) is 0 Å². The molecule has 1 unspecified atom stereocenters. The molecule has 1 atom stereocenters. The lowest BCUT2D eigenvalue weighted by molar-refractivity contribution is -0.149. The van der Waals surface area contributed by atoms with Gasteiger partial charge in [-0.05, 0) is 49.2 Å². The first kappa shape index (κ1) is 24.9. The Morgan fingerprint density at radius 2 is 1.76 bits per heavy atom. The summed E-state index contributed by atoms with van der Waals surface area (Å²) in [6.45, 7) is 4.64. The predicted molar refractivity (Wildman–Crippen MR) is 130 cm³/mol. The topological polar surface area (TPSA) is 90.2 Å². The zero-order chi connectivity index (χ0) is 24.2. The van der Waals surface area contributed by atoms with E-state index in [1.54, 1.807) is 25.3 Å². The molecule has 0 amide bonds. The van der Waals surface area contributed by atoms with Gasteiger partial charge in [-0.25, -0.2) is 4.79 Å². The molecule has 0 saturated carbocycles.